The quantitative estimate of drug-likeness (QED) is 0.899. The van der Waals surface area contributed by atoms with E-state index < -0.39 is 18.9 Å². The molecule has 1 aromatic carbocycles. The molecule has 0 aliphatic heterocycles. The van der Waals surface area contributed by atoms with Gasteiger partial charge in [-0.2, -0.15) is 13.2 Å². The maximum absolute atomic E-state index is 11.9. The molecule has 0 atom stereocenters. The van der Waals surface area contributed by atoms with Crippen molar-refractivity contribution in [3.8, 4) is 0 Å². The van der Waals surface area contributed by atoms with Gasteiger partial charge in [0.25, 0.3) is 5.91 Å². The molecule has 0 saturated carbocycles. The van der Waals surface area contributed by atoms with Crippen molar-refractivity contribution in [2.75, 3.05) is 18.5 Å². The molecule has 8 heteroatoms. The lowest BCUT2D eigenvalue weighted by Crippen LogP contribution is -2.24. The Balaban J connectivity index is 2.68. The first-order chi connectivity index (χ1) is 9.73. The second-order valence-electron chi connectivity index (χ2n) is 4.21. The summed E-state index contributed by atoms with van der Waals surface area (Å²) in [7, 11) is 0. The fraction of sp³-hybridized carbons (Fsp3) is 0.385. The van der Waals surface area contributed by atoms with E-state index in [0.717, 1.165) is 0 Å². The fourth-order valence-electron chi connectivity index (χ4n) is 1.50. The average molecular weight is 304 g/mol. The summed E-state index contributed by atoms with van der Waals surface area (Å²) in [4.78, 5) is 22.8. The Bertz CT molecular complexity index is 530. The van der Waals surface area contributed by atoms with Gasteiger partial charge in [-0.05, 0) is 37.6 Å². The van der Waals surface area contributed by atoms with Crippen molar-refractivity contribution in [2.24, 2.45) is 0 Å². The van der Waals surface area contributed by atoms with Crippen LogP contribution in [-0.4, -0.2) is 31.3 Å². The van der Waals surface area contributed by atoms with Gasteiger partial charge in [0.1, 0.15) is 0 Å². The zero-order chi connectivity index (χ0) is 16.0. The minimum Gasteiger partial charge on any atom is -0.440 e. The molecule has 2 amide bonds. The lowest BCUT2D eigenvalue weighted by atomic mass is 10.1. The molecule has 0 fully saturated rings. The number of rotatable bonds is 4. The summed E-state index contributed by atoms with van der Waals surface area (Å²) < 4.78 is 39.7. The maximum Gasteiger partial charge on any atom is 0.422 e. The van der Waals surface area contributed by atoms with E-state index in [2.05, 4.69) is 15.4 Å². The number of hydrogen-bond donors (Lipinski definition) is 2. The van der Waals surface area contributed by atoms with Crippen molar-refractivity contribution in [3.05, 3.63) is 29.3 Å². The third kappa shape index (κ3) is 5.72. The Kier molecular flexibility index (Phi) is 5.57. The maximum atomic E-state index is 11.9. The molecule has 21 heavy (non-hydrogen) atoms. The van der Waals surface area contributed by atoms with Crippen molar-refractivity contribution in [2.45, 2.75) is 20.0 Å². The van der Waals surface area contributed by atoms with E-state index >= 15 is 0 Å². The Morgan fingerprint density at radius 3 is 2.48 bits per heavy atom. The molecule has 0 aliphatic rings. The summed E-state index contributed by atoms with van der Waals surface area (Å²) >= 11 is 0. The molecule has 0 bridgehead atoms. The van der Waals surface area contributed by atoms with Crippen molar-refractivity contribution >= 4 is 17.7 Å². The first-order valence-corrected chi connectivity index (χ1v) is 6.12. The second-order valence-corrected chi connectivity index (χ2v) is 4.21. The van der Waals surface area contributed by atoms with Crippen LogP contribution < -0.4 is 10.6 Å². The standard InChI is InChI=1S/C13H15F3N2O3/c1-3-17-11(19)9-4-5-10(8(2)6-9)18-12(20)21-7-13(14,15)16/h4-6H,3,7H2,1-2H3,(H,17,19)(H,18,20). The number of ether oxygens (including phenoxy) is 1. The Labute approximate surface area is 119 Å². The molecule has 0 spiro atoms. The van der Waals surface area contributed by atoms with Gasteiger partial charge in [-0.3, -0.25) is 10.1 Å². The zero-order valence-corrected chi connectivity index (χ0v) is 11.5. The third-order valence-electron chi connectivity index (χ3n) is 2.43. The molecule has 5 nitrogen and oxygen atoms in total. The Hall–Kier alpha value is -2.25. The minimum atomic E-state index is -4.57. The highest BCUT2D eigenvalue weighted by atomic mass is 19.4. The number of anilines is 1. The summed E-state index contributed by atoms with van der Waals surface area (Å²) in [6.45, 7) is 2.20. The van der Waals surface area contributed by atoms with Gasteiger partial charge in [0, 0.05) is 17.8 Å². The van der Waals surface area contributed by atoms with Gasteiger partial charge >= 0.3 is 12.3 Å². The number of halogens is 3. The Morgan fingerprint density at radius 1 is 1.29 bits per heavy atom. The molecular weight excluding hydrogens is 289 g/mol. The minimum absolute atomic E-state index is 0.271. The molecule has 2 N–H and O–H groups in total. The number of amides is 2. The molecule has 0 heterocycles. The highest BCUT2D eigenvalue weighted by molar-refractivity contribution is 5.95. The predicted molar refractivity (Wildman–Crippen MR) is 70.2 cm³/mol. The first kappa shape index (κ1) is 16.8. The molecule has 116 valence electrons. The topological polar surface area (TPSA) is 67.4 Å². The second kappa shape index (κ2) is 6.96. The van der Waals surface area contributed by atoms with Crippen LogP contribution in [0.15, 0.2) is 18.2 Å². The molecule has 0 radical (unpaired) electrons. The van der Waals surface area contributed by atoms with Crippen molar-refractivity contribution in [1.29, 1.82) is 0 Å². The van der Waals surface area contributed by atoms with E-state index in [1.165, 1.54) is 18.2 Å². The zero-order valence-electron chi connectivity index (χ0n) is 11.5. The monoisotopic (exact) mass is 304 g/mol. The normalized spacial score (nSPS) is 10.9. The highest BCUT2D eigenvalue weighted by Gasteiger charge is 2.29. The van der Waals surface area contributed by atoms with Gasteiger partial charge in [0.05, 0.1) is 0 Å². The molecular formula is C13H15F3N2O3. The summed E-state index contributed by atoms with van der Waals surface area (Å²) in [5.41, 5.74) is 1.20. The van der Waals surface area contributed by atoms with Crippen molar-refractivity contribution < 1.29 is 27.5 Å². The summed E-state index contributed by atoms with van der Waals surface area (Å²) in [6, 6.07) is 4.40. The van der Waals surface area contributed by atoms with Crippen LogP contribution in [0.2, 0.25) is 0 Å². The molecule has 1 aromatic rings. The van der Waals surface area contributed by atoms with E-state index in [0.29, 0.717) is 17.7 Å². The van der Waals surface area contributed by atoms with Crippen LogP contribution >= 0.6 is 0 Å². The SMILES string of the molecule is CCNC(=O)c1ccc(NC(=O)OCC(F)(F)F)c(C)c1. The van der Waals surface area contributed by atoms with Gasteiger partial charge in [-0.25, -0.2) is 4.79 Å². The number of aryl methyl sites for hydroxylation is 1. The van der Waals surface area contributed by atoms with Crippen molar-refractivity contribution in [1.82, 2.24) is 5.32 Å². The lowest BCUT2D eigenvalue weighted by Gasteiger charge is -2.11. The van der Waals surface area contributed by atoms with Gasteiger partial charge in [-0.1, -0.05) is 0 Å². The van der Waals surface area contributed by atoms with Gasteiger partial charge in [-0.15, -0.1) is 0 Å². The number of nitrogens with one attached hydrogen (secondary N) is 2. The van der Waals surface area contributed by atoms with E-state index in [9.17, 15) is 22.8 Å². The van der Waals surface area contributed by atoms with Gasteiger partial charge < -0.3 is 10.1 Å². The number of carbonyl (C=O) groups is 2. The summed E-state index contributed by atoms with van der Waals surface area (Å²) in [5.74, 6) is -0.271. The molecule has 0 aliphatic carbocycles. The number of carbonyl (C=O) groups excluding carboxylic acids is 2. The lowest BCUT2D eigenvalue weighted by molar-refractivity contribution is -0.159. The third-order valence-corrected chi connectivity index (χ3v) is 2.43. The molecule has 1 rings (SSSR count). The molecule has 0 saturated heterocycles. The van der Waals surface area contributed by atoms with Crippen LogP contribution in [0.25, 0.3) is 0 Å². The predicted octanol–water partition coefficient (Wildman–Crippen LogP) is 2.86. The van der Waals surface area contributed by atoms with E-state index in [1.54, 1.807) is 13.8 Å². The van der Waals surface area contributed by atoms with Gasteiger partial charge in [0.2, 0.25) is 0 Å². The molecule has 0 aromatic heterocycles. The van der Waals surface area contributed by atoms with Crippen LogP contribution in [-0.2, 0) is 4.74 Å². The van der Waals surface area contributed by atoms with E-state index in [-0.39, 0.29) is 11.6 Å². The summed E-state index contributed by atoms with van der Waals surface area (Å²) in [5, 5.41) is 4.80. The summed E-state index contributed by atoms with van der Waals surface area (Å²) in [6.07, 6.45) is -5.78. The van der Waals surface area contributed by atoms with Gasteiger partial charge in [0.15, 0.2) is 6.61 Å². The first-order valence-electron chi connectivity index (χ1n) is 6.12. The van der Waals surface area contributed by atoms with Crippen molar-refractivity contribution in [3.63, 3.8) is 0 Å². The van der Waals surface area contributed by atoms with E-state index in [4.69, 9.17) is 0 Å². The number of benzene rings is 1. The molecule has 0 unspecified atom stereocenters. The number of hydrogen-bond acceptors (Lipinski definition) is 3. The largest absolute Gasteiger partial charge is 0.440 e. The average Bonchev–Trinajstić information content (AvgIpc) is 2.38. The van der Waals surface area contributed by atoms with Crippen LogP contribution in [0.3, 0.4) is 0 Å². The number of alkyl halides is 3. The smallest absolute Gasteiger partial charge is 0.422 e. The Morgan fingerprint density at radius 2 is 1.95 bits per heavy atom. The fourth-order valence-corrected chi connectivity index (χ4v) is 1.50. The van der Waals surface area contributed by atoms with E-state index in [1.807, 2.05) is 0 Å². The van der Waals surface area contributed by atoms with Crippen LogP contribution in [0.4, 0.5) is 23.7 Å². The van der Waals surface area contributed by atoms with Crippen LogP contribution in [0.5, 0.6) is 0 Å². The highest BCUT2D eigenvalue weighted by Crippen LogP contribution is 2.18. The van der Waals surface area contributed by atoms with Crippen LogP contribution in [0, 0.1) is 6.92 Å². The van der Waals surface area contributed by atoms with Crippen LogP contribution in [0.1, 0.15) is 22.8 Å².